The number of anilines is 1. The summed E-state index contributed by atoms with van der Waals surface area (Å²) in [5.74, 6) is 0.121. The summed E-state index contributed by atoms with van der Waals surface area (Å²) in [5, 5.41) is 3.95. The van der Waals surface area contributed by atoms with Gasteiger partial charge >= 0.3 is 0 Å². The van der Waals surface area contributed by atoms with E-state index in [1.165, 1.54) is 5.56 Å². The van der Waals surface area contributed by atoms with Crippen LogP contribution < -0.4 is 5.43 Å². The van der Waals surface area contributed by atoms with E-state index >= 15 is 0 Å². The minimum Gasteiger partial charge on any atom is -0.295 e. The van der Waals surface area contributed by atoms with E-state index in [0.29, 0.717) is 0 Å². The van der Waals surface area contributed by atoms with Crippen LogP contribution in [0.5, 0.6) is 0 Å². The van der Waals surface area contributed by atoms with E-state index in [1.807, 2.05) is 66.7 Å². The molecule has 0 saturated carbocycles. The minimum absolute atomic E-state index is 0.121. The van der Waals surface area contributed by atoms with E-state index in [0.717, 1.165) is 11.3 Å². The zero-order valence-electron chi connectivity index (χ0n) is 11.3. The Labute approximate surface area is 118 Å². The van der Waals surface area contributed by atoms with Crippen molar-refractivity contribution in [3.63, 3.8) is 0 Å². The quantitative estimate of drug-likeness (QED) is 0.791. The lowest BCUT2D eigenvalue weighted by atomic mass is 10.2. The summed E-state index contributed by atoms with van der Waals surface area (Å²) in [7, 11) is 0. The van der Waals surface area contributed by atoms with Crippen molar-refractivity contribution in [1.29, 1.82) is 0 Å². The number of benzene rings is 2. The molecular formula is C17H16N2O. The van der Waals surface area contributed by atoms with Crippen LogP contribution in [0.3, 0.4) is 0 Å². The highest BCUT2D eigenvalue weighted by Gasteiger charge is 1.96. The second-order valence-electron chi connectivity index (χ2n) is 4.26. The summed E-state index contributed by atoms with van der Waals surface area (Å²) in [4.78, 5) is 10.6. The van der Waals surface area contributed by atoms with Gasteiger partial charge in [0.1, 0.15) is 0 Å². The molecule has 0 spiro atoms. The van der Waals surface area contributed by atoms with E-state index in [1.54, 1.807) is 13.1 Å². The standard InChI is InChI=1S/C9H8N2.C8H8O/c1-2-6-9-8(4-1)5-3-7-10-11-9;1-7(9)8-5-3-2-4-6-8/h1-7,11H;2-6H,1H3. The molecule has 20 heavy (non-hydrogen) atoms. The van der Waals surface area contributed by atoms with Gasteiger partial charge in [-0.1, -0.05) is 54.6 Å². The van der Waals surface area contributed by atoms with Crippen molar-refractivity contribution < 1.29 is 4.79 Å². The Morgan fingerprint density at radius 1 is 1.00 bits per heavy atom. The molecule has 0 atom stereocenters. The summed E-state index contributed by atoms with van der Waals surface area (Å²) in [5.41, 5.74) is 5.93. The van der Waals surface area contributed by atoms with Gasteiger partial charge in [0.15, 0.2) is 5.78 Å². The topological polar surface area (TPSA) is 41.5 Å². The average Bonchev–Trinajstić information content (AvgIpc) is 2.74. The number of fused-ring (bicyclic) bond motifs is 1. The molecule has 1 heterocycles. The SMILES string of the molecule is C1=Cc2ccccc2NN=C1.CC(=O)c1ccccc1. The van der Waals surface area contributed by atoms with Crippen molar-refractivity contribution in [2.24, 2.45) is 5.10 Å². The first-order valence-electron chi connectivity index (χ1n) is 6.38. The van der Waals surface area contributed by atoms with Gasteiger partial charge in [-0.15, -0.1) is 0 Å². The summed E-state index contributed by atoms with van der Waals surface area (Å²) >= 11 is 0. The van der Waals surface area contributed by atoms with Gasteiger partial charge in [-0.05, 0) is 24.6 Å². The largest absolute Gasteiger partial charge is 0.295 e. The summed E-state index contributed by atoms with van der Waals surface area (Å²) in [6.07, 6.45) is 5.68. The van der Waals surface area contributed by atoms with Gasteiger partial charge in [0, 0.05) is 11.8 Å². The molecule has 0 bridgehead atoms. The summed E-state index contributed by atoms with van der Waals surface area (Å²) in [6.45, 7) is 1.56. The van der Waals surface area contributed by atoms with Crippen molar-refractivity contribution in [3.05, 3.63) is 71.8 Å². The Morgan fingerprint density at radius 2 is 1.70 bits per heavy atom. The van der Waals surface area contributed by atoms with E-state index in [-0.39, 0.29) is 5.78 Å². The smallest absolute Gasteiger partial charge is 0.159 e. The maximum atomic E-state index is 10.6. The number of carbonyl (C=O) groups is 1. The first kappa shape index (κ1) is 13.7. The number of hydrogen-bond donors (Lipinski definition) is 1. The first-order chi connectivity index (χ1) is 9.77. The van der Waals surface area contributed by atoms with Crippen LogP contribution in [-0.2, 0) is 0 Å². The predicted molar refractivity (Wildman–Crippen MR) is 84.0 cm³/mol. The molecule has 0 aromatic heterocycles. The maximum absolute atomic E-state index is 10.6. The Bertz CT molecular complexity index is 630. The van der Waals surface area contributed by atoms with Crippen molar-refractivity contribution >= 4 is 23.8 Å². The van der Waals surface area contributed by atoms with Gasteiger partial charge in [0.25, 0.3) is 0 Å². The fourth-order valence-corrected chi connectivity index (χ4v) is 1.71. The Kier molecular flexibility index (Phi) is 4.84. The van der Waals surface area contributed by atoms with Crippen LogP contribution in [0.4, 0.5) is 5.69 Å². The molecule has 0 saturated heterocycles. The third kappa shape index (κ3) is 3.92. The van der Waals surface area contributed by atoms with Gasteiger partial charge < -0.3 is 0 Å². The number of ketones is 1. The number of para-hydroxylation sites is 1. The maximum Gasteiger partial charge on any atom is 0.159 e. The average molecular weight is 264 g/mol. The van der Waals surface area contributed by atoms with E-state index in [9.17, 15) is 4.79 Å². The molecule has 1 aliphatic rings. The van der Waals surface area contributed by atoms with Crippen molar-refractivity contribution in [2.75, 3.05) is 5.43 Å². The van der Waals surface area contributed by atoms with Crippen LogP contribution in [-0.4, -0.2) is 12.0 Å². The highest BCUT2D eigenvalue weighted by molar-refractivity contribution is 5.93. The molecule has 100 valence electrons. The number of nitrogens with one attached hydrogen (secondary N) is 1. The Morgan fingerprint density at radius 3 is 2.40 bits per heavy atom. The van der Waals surface area contributed by atoms with Crippen LogP contribution in [0.2, 0.25) is 0 Å². The van der Waals surface area contributed by atoms with E-state index in [2.05, 4.69) is 10.5 Å². The highest BCUT2D eigenvalue weighted by atomic mass is 16.1. The second-order valence-corrected chi connectivity index (χ2v) is 4.26. The predicted octanol–water partition coefficient (Wildman–Crippen LogP) is 4.00. The van der Waals surface area contributed by atoms with Crippen molar-refractivity contribution in [3.8, 4) is 0 Å². The normalized spacial score (nSPS) is 11.4. The third-order valence-corrected chi connectivity index (χ3v) is 2.76. The summed E-state index contributed by atoms with van der Waals surface area (Å²) < 4.78 is 0. The monoisotopic (exact) mass is 264 g/mol. The number of nitrogens with zero attached hydrogens (tertiary/aromatic N) is 1. The van der Waals surface area contributed by atoms with Crippen LogP contribution in [0.25, 0.3) is 6.08 Å². The number of hydrogen-bond acceptors (Lipinski definition) is 3. The van der Waals surface area contributed by atoms with Gasteiger partial charge in [0.05, 0.1) is 5.69 Å². The molecule has 3 nitrogen and oxygen atoms in total. The van der Waals surface area contributed by atoms with Crippen LogP contribution in [0.1, 0.15) is 22.8 Å². The lowest BCUT2D eigenvalue weighted by molar-refractivity contribution is 0.101. The van der Waals surface area contributed by atoms with Crippen molar-refractivity contribution in [2.45, 2.75) is 6.92 Å². The molecule has 0 fully saturated rings. The molecule has 0 radical (unpaired) electrons. The third-order valence-electron chi connectivity index (χ3n) is 2.76. The highest BCUT2D eigenvalue weighted by Crippen LogP contribution is 2.17. The Hall–Kier alpha value is -2.68. The molecule has 0 amide bonds. The molecular weight excluding hydrogens is 248 g/mol. The van der Waals surface area contributed by atoms with E-state index < -0.39 is 0 Å². The molecule has 0 unspecified atom stereocenters. The lowest BCUT2D eigenvalue weighted by Gasteiger charge is -2.00. The molecule has 2 aromatic rings. The molecule has 3 heteroatoms. The zero-order valence-corrected chi connectivity index (χ0v) is 11.3. The number of allylic oxidation sites excluding steroid dienone is 1. The van der Waals surface area contributed by atoms with Crippen molar-refractivity contribution in [1.82, 2.24) is 0 Å². The number of Topliss-reactive ketones (excluding diaryl/α,β-unsaturated/α-hetero) is 1. The minimum atomic E-state index is 0.121. The van der Waals surface area contributed by atoms with Gasteiger partial charge in [-0.25, -0.2) is 0 Å². The lowest BCUT2D eigenvalue weighted by Crippen LogP contribution is -1.88. The fraction of sp³-hybridized carbons (Fsp3) is 0.0588. The summed E-state index contributed by atoms with van der Waals surface area (Å²) in [6, 6.07) is 17.3. The molecule has 1 aliphatic heterocycles. The van der Waals surface area contributed by atoms with Crippen LogP contribution in [0, 0.1) is 0 Å². The number of rotatable bonds is 1. The molecule has 2 aromatic carbocycles. The Balaban J connectivity index is 0.000000151. The number of carbonyl (C=O) groups excluding carboxylic acids is 1. The molecule has 1 N–H and O–H groups in total. The molecule has 0 aliphatic carbocycles. The second kappa shape index (κ2) is 7.04. The fourth-order valence-electron chi connectivity index (χ4n) is 1.71. The van der Waals surface area contributed by atoms with Gasteiger partial charge in [0.2, 0.25) is 0 Å². The van der Waals surface area contributed by atoms with Crippen LogP contribution in [0.15, 0.2) is 65.8 Å². The zero-order chi connectivity index (χ0) is 14.2. The van der Waals surface area contributed by atoms with Crippen LogP contribution >= 0.6 is 0 Å². The van der Waals surface area contributed by atoms with E-state index in [4.69, 9.17) is 0 Å². The van der Waals surface area contributed by atoms with Gasteiger partial charge in [-0.3, -0.25) is 10.2 Å². The molecule has 3 rings (SSSR count). The van der Waals surface area contributed by atoms with Gasteiger partial charge in [-0.2, -0.15) is 5.10 Å². The first-order valence-corrected chi connectivity index (χ1v) is 6.38. The number of hydrazone groups is 1.